The van der Waals surface area contributed by atoms with Crippen LogP contribution in [-0.4, -0.2) is 49.2 Å². The number of sulfonamides is 1. The maximum atomic E-state index is 13.2. The SMILES string of the molecule is O=C(CNC(=O)C1CCN(S(=O)(=O)c2ccccc2C(F)(F)F)CC1)Nc1cccnc1. The number of piperidine rings is 1. The smallest absolute Gasteiger partial charge is 0.347 e. The Hall–Kier alpha value is -2.99. The van der Waals surface area contributed by atoms with Gasteiger partial charge in [-0.25, -0.2) is 8.42 Å². The lowest BCUT2D eigenvalue weighted by atomic mass is 9.97. The second-order valence-electron chi connectivity index (χ2n) is 7.18. The van der Waals surface area contributed by atoms with Crippen molar-refractivity contribution in [1.82, 2.24) is 14.6 Å². The van der Waals surface area contributed by atoms with Crippen molar-refractivity contribution in [3.8, 4) is 0 Å². The largest absolute Gasteiger partial charge is 0.417 e. The Morgan fingerprint density at radius 1 is 1.09 bits per heavy atom. The Balaban J connectivity index is 1.55. The quantitative estimate of drug-likeness (QED) is 0.673. The molecule has 32 heavy (non-hydrogen) atoms. The number of rotatable bonds is 6. The maximum Gasteiger partial charge on any atom is 0.417 e. The molecule has 1 fully saturated rings. The first-order chi connectivity index (χ1) is 15.1. The molecule has 1 aromatic heterocycles. The maximum absolute atomic E-state index is 13.2. The molecule has 172 valence electrons. The predicted octanol–water partition coefficient (Wildman–Crippen LogP) is 2.26. The zero-order valence-corrected chi connectivity index (χ0v) is 17.6. The molecular weight excluding hydrogens is 449 g/mol. The molecule has 0 spiro atoms. The van der Waals surface area contributed by atoms with E-state index in [1.54, 1.807) is 18.3 Å². The highest BCUT2D eigenvalue weighted by Gasteiger charge is 2.40. The molecule has 2 heterocycles. The van der Waals surface area contributed by atoms with E-state index in [-0.39, 0.29) is 32.5 Å². The fraction of sp³-hybridized carbons (Fsp3) is 0.350. The molecule has 0 atom stereocenters. The standard InChI is InChI=1S/C20H21F3N4O4S/c21-20(22,23)16-5-1-2-6-17(16)32(30,31)27-10-7-14(8-11-27)19(29)25-13-18(28)26-15-4-3-9-24-12-15/h1-6,9,12,14H,7-8,10-11,13H2,(H,25,29)(H,26,28). The number of aromatic nitrogens is 1. The Morgan fingerprint density at radius 3 is 2.41 bits per heavy atom. The topological polar surface area (TPSA) is 108 Å². The molecule has 2 aromatic rings. The summed E-state index contributed by atoms with van der Waals surface area (Å²) in [6, 6.07) is 7.30. The minimum Gasteiger partial charge on any atom is -0.347 e. The van der Waals surface area contributed by atoms with E-state index in [1.807, 2.05) is 0 Å². The summed E-state index contributed by atoms with van der Waals surface area (Å²) in [7, 11) is -4.37. The van der Waals surface area contributed by atoms with Gasteiger partial charge >= 0.3 is 6.18 Å². The second-order valence-corrected chi connectivity index (χ2v) is 9.09. The van der Waals surface area contributed by atoms with Gasteiger partial charge in [0, 0.05) is 25.2 Å². The van der Waals surface area contributed by atoms with Crippen LogP contribution in [0.25, 0.3) is 0 Å². The van der Waals surface area contributed by atoms with Crippen LogP contribution in [-0.2, 0) is 25.8 Å². The van der Waals surface area contributed by atoms with Gasteiger partial charge in [-0.15, -0.1) is 0 Å². The molecular formula is C20H21F3N4O4S. The molecule has 1 aliphatic rings. The van der Waals surface area contributed by atoms with E-state index in [0.717, 1.165) is 22.5 Å². The van der Waals surface area contributed by atoms with Crippen LogP contribution in [0.15, 0.2) is 53.7 Å². The predicted molar refractivity (Wildman–Crippen MR) is 109 cm³/mol. The van der Waals surface area contributed by atoms with Gasteiger partial charge in [0.1, 0.15) is 0 Å². The highest BCUT2D eigenvalue weighted by Crippen LogP contribution is 2.36. The third-order valence-electron chi connectivity index (χ3n) is 5.00. The van der Waals surface area contributed by atoms with Gasteiger partial charge < -0.3 is 10.6 Å². The number of amides is 2. The Morgan fingerprint density at radius 2 is 1.78 bits per heavy atom. The molecule has 3 rings (SSSR count). The first kappa shape index (κ1) is 23.7. The number of nitrogens with zero attached hydrogens (tertiary/aromatic N) is 2. The highest BCUT2D eigenvalue weighted by molar-refractivity contribution is 7.89. The number of carbonyl (C=O) groups excluding carboxylic acids is 2. The van der Waals surface area contributed by atoms with Gasteiger partial charge in [0.15, 0.2) is 0 Å². The van der Waals surface area contributed by atoms with E-state index >= 15 is 0 Å². The van der Waals surface area contributed by atoms with Crippen molar-refractivity contribution in [1.29, 1.82) is 0 Å². The molecule has 0 saturated carbocycles. The summed E-state index contributed by atoms with van der Waals surface area (Å²) in [5.41, 5.74) is -0.746. The highest BCUT2D eigenvalue weighted by atomic mass is 32.2. The summed E-state index contributed by atoms with van der Waals surface area (Å²) in [5.74, 6) is -1.42. The minimum absolute atomic E-state index is 0.103. The van der Waals surface area contributed by atoms with E-state index in [4.69, 9.17) is 0 Å². The van der Waals surface area contributed by atoms with Crippen molar-refractivity contribution in [2.75, 3.05) is 25.0 Å². The van der Waals surface area contributed by atoms with Gasteiger partial charge in [0.25, 0.3) is 0 Å². The number of carbonyl (C=O) groups is 2. The van der Waals surface area contributed by atoms with Crippen molar-refractivity contribution < 1.29 is 31.2 Å². The van der Waals surface area contributed by atoms with E-state index in [9.17, 15) is 31.2 Å². The lowest BCUT2D eigenvalue weighted by Crippen LogP contribution is -2.44. The summed E-state index contributed by atoms with van der Waals surface area (Å²) < 4.78 is 66.2. The van der Waals surface area contributed by atoms with E-state index in [2.05, 4.69) is 15.6 Å². The lowest BCUT2D eigenvalue weighted by Gasteiger charge is -2.31. The number of alkyl halides is 3. The van der Waals surface area contributed by atoms with E-state index < -0.39 is 44.4 Å². The summed E-state index contributed by atoms with van der Waals surface area (Å²) >= 11 is 0. The molecule has 12 heteroatoms. The van der Waals surface area contributed by atoms with Crippen LogP contribution in [0.5, 0.6) is 0 Å². The van der Waals surface area contributed by atoms with Crippen molar-refractivity contribution in [2.24, 2.45) is 5.92 Å². The van der Waals surface area contributed by atoms with Crippen LogP contribution in [0, 0.1) is 5.92 Å². The molecule has 1 saturated heterocycles. The first-order valence-electron chi connectivity index (χ1n) is 9.73. The third kappa shape index (κ3) is 5.62. The zero-order valence-electron chi connectivity index (χ0n) is 16.8. The minimum atomic E-state index is -4.81. The Kier molecular flexibility index (Phi) is 7.14. The summed E-state index contributed by atoms with van der Waals surface area (Å²) in [4.78, 5) is 27.3. The third-order valence-corrected chi connectivity index (χ3v) is 6.96. The van der Waals surface area contributed by atoms with Gasteiger partial charge in [-0.3, -0.25) is 14.6 Å². The van der Waals surface area contributed by atoms with Crippen molar-refractivity contribution in [2.45, 2.75) is 23.9 Å². The molecule has 0 bridgehead atoms. The van der Waals surface area contributed by atoms with Crippen molar-refractivity contribution >= 4 is 27.5 Å². The van der Waals surface area contributed by atoms with Gasteiger partial charge in [0.2, 0.25) is 21.8 Å². The molecule has 2 N–H and O–H groups in total. The second kappa shape index (κ2) is 9.65. The number of pyridine rings is 1. The van der Waals surface area contributed by atoms with Crippen LogP contribution >= 0.6 is 0 Å². The van der Waals surface area contributed by atoms with Gasteiger partial charge in [0.05, 0.1) is 28.9 Å². The van der Waals surface area contributed by atoms with E-state index in [1.165, 1.54) is 12.3 Å². The van der Waals surface area contributed by atoms with Crippen LogP contribution in [0.1, 0.15) is 18.4 Å². The van der Waals surface area contributed by atoms with Crippen molar-refractivity contribution in [3.63, 3.8) is 0 Å². The van der Waals surface area contributed by atoms with Crippen LogP contribution in [0.3, 0.4) is 0 Å². The molecule has 0 unspecified atom stereocenters. The van der Waals surface area contributed by atoms with E-state index in [0.29, 0.717) is 5.69 Å². The fourth-order valence-electron chi connectivity index (χ4n) is 3.38. The summed E-state index contributed by atoms with van der Waals surface area (Å²) in [6.07, 6.45) is -1.55. The molecule has 0 radical (unpaired) electrons. The summed E-state index contributed by atoms with van der Waals surface area (Å²) in [6.45, 7) is -0.478. The average Bonchev–Trinajstić information content (AvgIpc) is 2.77. The van der Waals surface area contributed by atoms with Crippen LogP contribution in [0.4, 0.5) is 18.9 Å². The number of hydrogen-bond donors (Lipinski definition) is 2. The number of halogens is 3. The average molecular weight is 470 g/mol. The Labute approximate surface area is 182 Å². The number of nitrogens with one attached hydrogen (secondary N) is 2. The van der Waals surface area contributed by atoms with Gasteiger partial charge in [-0.1, -0.05) is 12.1 Å². The fourth-order valence-corrected chi connectivity index (χ4v) is 5.06. The monoisotopic (exact) mass is 470 g/mol. The normalized spacial score (nSPS) is 15.8. The molecule has 2 amide bonds. The summed E-state index contributed by atoms with van der Waals surface area (Å²) in [5, 5.41) is 5.07. The molecule has 8 nitrogen and oxygen atoms in total. The molecule has 1 aliphatic heterocycles. The first-order valence-corrected chi connectivity index (χ1v) is 11.2. The van der Waals surface area contributed by atoms with Gasteiger partial charge in [-0.05, 0) is 37.1 Å². The Bertz CT molecular complexity index is 1070. The van der Waals surface area contributed by atoms with Gasteiger partial charge in [-0.2, -0.15) is 17.5 Å². The van der Waals surface area contributed by atoms with Crippen molar-refractivity contribution in [3.05, 3.63) is 54.4 Å². The zero-order chi connectivity index (χ0) is 23.4. The number of benzene rings is 1. The lowest BCUT2D eigenvalue weighted by molar-refractivity contribution is -0.140. The molecule has 1 aromatic carbocycles. The van der Waals surface area contributed by atoms with Crippen LogP contribution < -0.4 is 10.6 Å². The number of hydrogen-bond acceptors (Lipinski definition) is 5. The number of anilines is 1. The van der Waals surface area contributed by atoms with Crippen LogP contribution in [0.2, 0.25) is 0 Å². The molecule has 0 aliphatic carbocycles.